The maximum absolute atomic E-state index is 11.8. The fourth-order valence-electron chi connectivity index (χ4n) is 1.67. The third kappa shape index (κ3) is 4.63. The highest BCUT2D eigenvalue weighted by Gasteiger charge is 2.03. The van der Waals surface area contributed by atoms with Crippen LogP contribution in [0.2, 0.25) is 0 Å². The average Bonchev–Trinajstić information content (AvgIpc) is 2.48. The largest absolute Gasteiger partial charge is 0.494 e. The molecule has 104 valence electrons. The highest BCUT2D eigenvalue weighted by atomic mass is 32.2. The minimum atomic E-state index is -0.00455. The molecule has 0 unspecified atom stereocenters. The van der Waals surface area contributed by atoms with Crippen LogP contribution >= 0.6 is 11.8 Å². The Kier molecular flexibility index (Phi) is 5.50. The fourth-order valence-corrected chi connectivity index (χ4v) is 2.36. The van der Waals surface area contributed by atoms with Gasteiger partial charge in [0, 0.05) is 10.6 Å². The summed E-state index contributed by atoms with van der Waals surface area (Å²) in [6.45, 7) is 2.61. The van der Waals surface area contributed by atoms with Gasteiger partial charge in [0.1, 0.15) is 5.75 Å². The van der Waals surface area contributed by atoms with Crippen molar-refractivity contribution in [3.05, 3.63) is 54.6 Å². The van der Waals surface area contributed by atoms with Gasteiger partial charge in [0.05, 0.1) is 12.4 Å². The third-order valence-electron chi connectivity index (χ3n) is 2.56. The number of rotatable bonds is 6. The number of ether oxygens (including phenoxy) is 1. The van der Waals surface area contributed by atoms with Crippen LogP contribution in [0, 0.1) is 0 Å². The third-order valence-corrected chi connectivity index (χ3v) is 3.57. The summed E-state index contributed by atoms with van der Waals surface area (Å²) in [6.07, 6.45) is 0. The molecule has 0 aromatic heterocycles. The molecule has 0 spiro atoms. The highest BCUT2D eigenvalue weighted by molar-refractivity contribution is 8.00. The van der Waals surface area contributed by atoms with Crippen LogP contribution in [-0.2, 0) is 4.79 Å². The molecule has 0 fully saturated rings. The summed E-state index contributed by atoms with van der Waals surface area (Å²) < 4.78 is 5.38. The molecule has 2 aromatic rings. The van der Waals surface area contributed by atoms with E-state index in [0.717, 1.165) is 16.3 Å². The van der Waals surface area contributed by atoms with E-state index in [1.54, 1.807) is 0 Å². The van der Waals surface area contributed by atoms with Crippen LogP contribution in [0.4, 0.5) is 5.69 Å². The Labute approximate surface area is 123 Å². The second kappa shape index (κ2) is 7.60. The van der Waals surface area contributed by atoms with E-state index in [2.05, 4.69) is 5.32 Å². The molecule has 0 aliphatic carbocycles. The summed E-state index contributed by atoms with van der Waals surface area (Å²) in [4.78, 5) is 12.9. The predicted octanol–water partition coefficient (Wildman–Crippen LogP) is 3.82. The second-order valence-electron chi connectivity index (χ2n) is 4.11. The van der Waals surface area contributed by atoms with E-state index in [9.17, 15) is 4.79 Å². The smallest absolute Gasteiger partial charge is 0.234 e. The van der Waals surface area contributed by atoms with E-state index in [-0.39, 0.29) is 5.91 Å². The molecule has 0 aliphatic rings. The lowest BCUT2D eigenvalue weighted by molar-refractivity contribution is -0.113. The maximum Gasteiger partial charge on any atom is 0.234 e. The number of anilines is 1. The minimum Gasteiger partial charge on any atom is -0.494 e. The molecule has 0 atom stereocenters. The van der Waals surface area contributed by atoms with Crippen molar-refractivity contribution in [2.45, 2.75) is 11.8 Å². The van der Waals surface area contributed by atoms with Crippen LogP contribution in [0.15, 0.2) is 59.5 Å². The molecule has 0 aliphatic heterocycles. The first-order valence-electron chi connectivity index (χ1n) is 6.48. The molecule has 0 saturated carbocycles. The van der Waals surface area contributed by atoms with Crippen LogP contribution in [0.1, 0.15) is 6.92 Å². The van der Waals surface area contributed by atoms with Gasteiger partial charge in [-0.3, -0.25) is 4.79 Å². The van der Waals surface area contributed by atoms with Crippen molar-refractivity contribution in [1.82, 2.24) is 0 Å². The molecule has 0 radical (unpaired) electrons. The molecule has 1 amide bonds. The van der Waals surface area contributed by atoms with Gasteiger partial charge in [-0.2, -0.15) is 0 Å². The first-order valence-corrected chi connectivity index (χ1v) is 7.47. The quantitative estimate of drug-likeness (QED) is 0.821. The number of carbonyl (C=O) groups excluding carboxylic acids is 1. The standard InChI is InChI=1S/C16H17NO2S/c1-2-19-14-8-10-15(11-9-14)20-12-16(18)17-13-6-4-3-5-7-13/h3-11H,2,12H2,1H3,(H,17,18). The van der Waals surface area contributed by atoms with Gasteiger partial charge in [-0.05, 0) is 43.3 Å². The van der Waals surface area contributed by atoms with Gasteiger partial charge in [0.15, 0.2) is 0 Å². The van der Waals surface area contributed by atoms with Gasteiger partial charge < -0.3 is 10.1 Å². The molecule has 0 bridgehead atoms. The Hall–Kier alpha value is -1.94. The topological polar surface area (TPSA) is 38.3 Å². The Morgan fingerprint density at radius 1 is 1.10 bits per heavy atom. The summed E-state index contributed by atoms with van der Waals surface area (Å²) >= 11 is 1.51. The van der Waals surface area contributed by atoms with Gasteiger partial charge in [0.25, 0.3) is 0 Å². The lowest BCUT2D eigenvalue weighted by Crippen LogP contribution is -2.13. The lowest BCUT2D eigenvalue weighted by Gasteiger charge is -2.06. The first-order chi connectivity index (χ1) is 9.78. The zero-order valence-corrected chi connectivity index (χ0v) is 12.2. The van der Waals surface area contributed by atoms with Gasteiger partial charge in [-0.25, -0.2) is 0 Å². The molecule has 2 aromatic carbocycles. The molecule has 4 heteroatoms. The number of carbonyl (C=O) groups is 1. The molecular weight excluding hydrogens is 270 g/mol. The number of para-hydroxylation sites is 1. The van der Waals surface area contributed by atoms with Crippen molar-refractivity contribution >= 4 is 23.4 Å². The monoisotopic (exact) mass is 287 g/mol. The van der Waals surface area contributed by atoms with Crippen molar-refractivity contribution in [2.24, 2.45) is 0 Å². The lowest BCUT2D eigenvalue weighted by atomic mass is 10.3. The summed E-state index contributed by atoms with van der Waals surface area (Å²) in [5.41, 5.74) is 0.824. The number of amides is 1. The van der Waals surface area contributed by atoms with E-state index in [1.165, 1.54) is 11.8 Å². The minimum absolute atomic E-state index is 0.00455. The Balaban J connectivity index is 1.81. The van der Waals surface area contributed by atoms with E-state index < -0.39 is 0 Å². The summed E-state index contributed by atoms with van der Waals surface area (Å²) in [5.74, 6) is 1.24. The first kappa shape index (κ1) is 14.5. The van der Waals surface area contributed by atoms with Crippen LogP contribution in [0.3, 0.4) is 0 Å². The summed E-state index contributed by atoms with van der Waals surface area (Å²) in [5, 5.41) is 2.86. The molecule has 0 saturated heterocycles. The zero-order valence-electron chi connectivity index (χ0n) is 11.3. The van der Waals surface area contributed by atoms with E-state index in [0.29, 0.717) is 12.4 Å². The maximum atomic E-state index is 11.8. The number of hydrogen-bond acceptors (Lipinski definition) is 3. The molecule has 3 nitrogen and oxygen atoms in total. The highest BCUT2D eigenvalue weighted by Crippen LogP contribution is 2.21. The zero-order chi connectivity index (χ0) is 14.2. The van der Waals surface area contributed by atoms with E-state index in [4.69, 9.17) is 4.74 Å². The summed E-state index contributed by atoms with van der Waals surface area (Å²) in [7, 11) is 0. The number of thioether (sulfide) groups is 1. The fraction of sp³-hybridized carbons (Fsp3) is 0.188. The van der Waals surface area contributed by atoms with Crippen molar-refractivity contribution in [2.75, 3.05) is 17.7 Å². The summed E-state index contributed by atoms with van der Waals surface area (Å²) in [6, 6.07) is 17.2. The predicted molar refractivity (Wildman–Crippen MR) is 83.4 cm³/mol. The molecule has 20 heavy (non-hydrogen) atoms. The van der Waals surface area contributed by atoms with Crippen molar-refractivity contribution in [3.8, 4) is 5.75 Å². The van der Waals surface area contributed by atoms with Crippen LogP contribution in [-0.4, -0.2) is 18.3 Å². The van der Waals surface area contributed by atoms with Crippen molar-refractivity contribution in [1.29, 1.82) is 0 Å². The van der Waals surface area contributed by atoms with Crippen LogP contribution in [0.25, 0.3) is 0 Å². The SMILES string of the molecule is CCOc1ccc(SCC(=O)Nc2ccccc2)cc1. The average molecular weight is 287 g/mol. The molecule has 0 heterocycles. The van der Waals surface area contributed by atoms with Gasteiger partial charge in [-0.15, -0.1) is 11.8 Å². The van der Waals surface area contributed by atoms with E-state index >= 15 is 0 Å². The normalized spacial score (nSPS) is 10.1. The Morgan fingerprint density at radius 2 is 1.80 bits per heavy atom. The Bertz CT molecular complexity index is 540. The molecule has 2 rings (SSSR count). The van der Waals surface area contributed by atoms with Crippen LogP contribution in [0.5, 0.6) is 5.75 Å². The second-order valence-corrected chi connectivity index (χ2v) is 5.16. The number of benzene rings is 2. The van der Waals surface area contributed by atoms with Crippen molar-refractivity contribution < 1.29 is 9.53 Å². The van der Waals surface area contributed by atoms with Gasteiger partial charge in [0.2, 0.25) is 5.91 Å². The molecule has 1 N–H and O–H groups in total. The Morgan fingerprint density at radius 3 is 2.45 bits per heavy atom. The van der Waals surface area contributed by atoms with Gasteiger partial charge in [-0.1, -0.05) is 18.2 Å². The van der Waals surface area contributed by atoms with Crippen molar-refractivity contribution in [3.63, 3.8) is 0 Å². The van der Waals surface area contributed by atoms with Gasteiger partial charge >= 0.3 is 0 Å². The van der Waals surface area contributed by atoms with Crippen LogP contribution < -0.4 is 10.1 Å². The van der Waals surface area contributed by atoms with E-state index in [1.807, 2.05) is 61.5 Å². The number of hydrogen-bond donors (Lipinski definition) is 1. The number of nitrogens with one attached hydrogen (secondary N) is 1. The molecular formula is C16H17NO2S.